The topological polar surface area (TPSA) is 66.6 Å². The van der Waals surface area contributed by atoms with Crippen molar-refractivity contribution in [2.24, 2.45) is 5.73 Å². The van der Waals surface area contributed by atoms with Crippen molar-refractivity contribution in [1.82, 2.24) is 9.80 Å². The molecule has 2 heterocycles. The average Bonchev–Trinajstić information content (AvgIpc) is 2.94. The molecule has 0 aromatic carbocycles. The summed E-state index contributed by atoms with van der Waals surface area (Å²) in [4.78, 5) is 27.5. The number of amides is 2. The minimum atomic E-state index is -0.202. The van der Waals surface area contributed by atoms with Crippen LogP contribution in [0.4, 0.5) is 0 Å². The molecule has 0 spiro atoms. The van der Waals surface area contributed by atoms with Gasteiger partial charge in [-0.3, -0.25) is 14.5 Å². The van der Waals surface area contributed by atoms with Crippen molar-refractivity contribution in [2.45, 2.75) is 51.1 Å². The van der Waals surface area contributed by atoms with E-state index in [1.807, 2.05) is 17.9 Å². The highest BCUT2D eigenvalue weighted by Crippen LogP contribution is 2.25. The molecular formula is C15H25N3O2. The molecule has 2 amide bonds. The van der Waals surface area contributed by atoms with E-state index in [1.165, 1.54) is 0 Å². The number of nitrogens with two attached hydrogens (primary N) is 1. The van der Waals surface area contributed by atoms with Crippen molar-refractivity contribution >= 4 is 11.8 Å². The summed E-state index contributed by atoms with van der Waals surface area (Å²) in [6, 6.07) is 0.302. The van der Waals surface area contributed by atoms with Crippen LogP contribution in [0, 0.1) is 0 Å². The van der Waals surface area contributed by atoms with E-state index in [9.17, 15) is 9.59 Å². The molecule has 5 nitrogen and oxygen atoms in total. The summed E-state index contributed by atoms with van der Waals surface area (Å²) in [5, 5.41) is 0. The van der Waals surface area contributed by atoms with Gasteiger partial charge in [0.2, 0.25) is 11.8 Å². The molecule has 0 saturated carbocycles. The molecular weight excluding hydrogens is 254 g/mol. The molecule has 2 fully saturated rings. The Kier molecular flexibility index (Phi) is 5.17. The molecule has 0 radical (unpaired) electrons. The molecule has 0 aliphatic carbocycles. The second-order valence-electron chi connectivity index (χ2n) is 5.67. The number of carbonyl (C=O) groups is 2. The van der Waals surface area contributed by atoms with E-state index in [0.717, 1.165) is 51.7 Å². The summed E-state index contributed by atoms with van der Waals surface area (Å²) >= 11 is 0. The third-order valence-corrected chi connectivity index (χ3v) is 4.36. The normalized spacial score (nSPS) is 25.4. The summed E-state index contributed by atoms with van der Waals surface area (Å²) in [6.45, 7) is 4.54. The lowest BCUT2D eigenvalue weighted by Crippen LogP contribution is -2.51. The minimum absolute atomic E-state index is 0.0951. The van der Waals surface area contributed by atoms with E-state index in [4.69, 9.17) is 5.73 Å². The lowest BCUT2D eigenvalue weighted by Gasteiger charge is -2.38. The second-order valence-corrected chi connectivity index (χ2v) is 5.67. The SMILES string of the molecule is CC/C=C/C(=O)N1CCC(N2CCCC2C(N)=O)CC1. The van der Waals surface area contributed by atoms with Crippen LogP contribution in [0.3, 0.4) is 0 Å². The Morgan fingerprint density at radius 3 is 2.50 bits per heavy atom. The Morgan fingerprint density at radius 1 is 1.20 bits per heavy atom. The maximum atomic E-state index is 11.9. The second kappa shape index (κ2) is 6.88. The van der Waals surface area contributed by atoms with Crippen molar-refractivity contribution in [3.63, 3.8) is 0 Å². The smallest absolute Gasteiger partial charge is 0.246 e. The standard InChI is InChI=1S/C15H25N3O2/c1-2-3-6-14(19)17-10-7-12(8-11-17)18-9-4-5-13(18)15(16)20/h3,6,12-13H,2,4-5,7-11H2,1H3,(H2,16,20)/b6-3+. The molecule has 20 heavy (non-hydrogen) atoms. The number of primary amides is 1. The van der Waals surface area contributed by atoms with E-state index in [2.05, 4.69) is 4.90 Å². The van der Waals surface area contributed by atoms with Crippen molar-refractivity contribution in [1.29, 1.82) is 0 Å². The van der Waals surface area contributed by atoms with Crippen molar-refractivity contribution in [2.75, 3.05) is 19.6 Å². The maximum Gasteiger partial charge on any atom is 0.246 e. The van der Waals surface area contributed by atoms with Crippen LogP contribution >= 0.6 is 0 Å². The van der Waals surface area contributed by atoms with Crippen LogP contribution in [-0.2, 0) is 9.59 Å². The highest BCUT2D eigenvalue weighted by Gasteiger charge is 2.35. The molecule has 2 N–H and O–H groups in total. The molecule has 0 aromatic rings. The number of allylic oxidation sites excluding steroid dienone is 1. The van der Waals surface area contributed by atoms with Crippen molar-refractivity contribution < 1.29 is 9.59 Å². The van der Waals surface area contributed by atoms with Crippen LogP contribution in [0.5, 0.6) is 0 Å². The predicted octanol–water partition coefficient (Wildman–Crippen LogP) is 0.893. The fourth-order valence-corrected chi connectivity index (χ4v) is 3.27. The monoisotopic (exact) mass is 279 g/mol. The van der Waals surface area contributed by atoms with Crippen LogP contribution in [0.1, 0.15) is 39.0 Å². The van der Waals surface area contributed by atoms with Gasteiger partial charge in [-0.1, -0.05) is 13.0 Å². The first-order valence-corrected chi connectivity index (χ1v) is 7.64. The van der Waals surface area contributed by atoms with Gasteiger partial charge in [-0.2, -0.15) is 0 Å². The van der Waals surface area contributed by atoms with E-state index in [1.54, 1.807) is 6.08 Å². The molecule has 2 aliphatic heterocycles. The molecule has 2 rings (SSSR count). The molecule has 2 aliphatic rings. The first-order chi connectivity index (χ1) is 9.63. The zero-order valence-electron chi connectivity index (χ0n) is 12.3. The van der Waals surface area contributed by atoms with Gasteiger partial charge in [0.25, 0.3) is 0 Å². The molecule has 1 atom stereocenters. The zero-order chi connectivity index (χ0) is 14.5. The van der Waals surface area contributed by atoms with Crippen LogP contribution in [0.25, 0.3) is 0 Å². The molecule has 112 valence electrons. The lowest BCUT2D eigenvalue weighted by molar-refractivity contribution is -0.129. The van der Waals surface area contributed by atoms with E-state index in [-0.39, 0.29) is 17.9 Å². The summed E-state index contributed by atoms with van der Waals surface area (Å²) in [5.74, 6) is -0.0925. The Morgan fingerprint density at radius 2 is 1.90 bits per heavy atom. The fraction of sp³-hybridized carbons (Fsp3) is 0.733. The Balaban J connectivity index is 1.86. The fourth-order valence-electron chi connectivity index (χ4n) is 3.27. The van der Waals surface area contributed by atoms with Gasteiger partial charge in [-0.05, 0) is 44.7 Å². The molecule has 0 bridgehead atoms. The summed E-state index contributed by atoms with van der Waals surface area (Å²) in [6.07, 6.45) is 8.27. The van der Waals surface area contributed by atoms with Gasteiger partial charge in [-0.25, -0.2) is 0 Å². The van der Waals surface area contributed by atoms with Crippen LogP contribution in [-0.4, -0.2) is 53.3 Å². The number of likely N-dealkylation sites (tertiary alicyclic amines) is 2. The number of piperidine rings is 1. The molecule has 1 unspecified atom stereocenters. The highest BCUT2D eigenvalue weighted by atomic mass is 16.2. The van der Waals surface area contributed by atoms with E-state index >= 15 is 0 Å². The first-order valence-electron chi connectivity index (χ1n) is 7.64. The van der Waals surface area contributed by atoms with Gasteiger partial charge in [0.15, 0.2) is 0 Å². The Hall–Kier alpha value is -1.36. The average molecular weight is 279 g/mol. The third kappa shape index (κ3) is 3.39. The largest absolute Gasteiger partial charge is 0.368 e. The lowest BCUT2D eigenvalue weighted by atomic mass is 10.0. The van der Waals surface area contributed by atoms with Crippen LogP contribution < -0.4 is 5.73 Å². The maximum absolute atomic E-state index is 11.9. The summed E-state index contributed by atoms with van der Waals surface area (Å²) in [5.41, 5.74) is 5.47. The van der Waals surface area contributed by atoms with Gasteiger partial charge < -0.3 is 10.6 Å². The van der Waals surface area contributed by atoms with Gasteiger partial charge in [0.05, 0.1) is 6.04 Å². The number of hydrogen-bond donors (Lipinski definition) is 1. The Bertz CT molecular complexity index is 387. The van der Waals surface area contributed by atoms with Gasteiger partial charge in [0.1, 0.15) is 0 Å². The summed E-state index contributed by atoms with van der Waals surface area (Å²) in [7, 11) is 0. The quantitative estimate of drug-likeness (QED) is 0.777. The van der Waals surface area contributed by atoms with Gasteiger partial charge in [0, 0.05) is 19.1 Å². The van der Waals surface area contributed by atoms with Gasteiger partial charge in [-0.15, -0.1) is 0 Å². The molecule has 0 aromatic heterocycles. The zero-order valence-corrected chi connectivity index (χ0v) is 12.3. The number of hydrogen-bond acceptors (Lipinski definition) is 3. The Labute approximate surface area is 120 Å². The van der Waals surface area contributed by atoms with Gasteiger partial charge >= 0.3 is 0 Å². The minimum Gasteiger partial charge on any atom is -0.368 e. The predicted molar refractivity (Wildman–Crippen MR) is 78.0 cm³/mol. The van der Waals surface area contributed by atoms with Crippen molar-refractivity contribution in [3.05, 3.63) is 12.2 Å². The van der Waals surface area contributed by atoms with Crippen LogP contribution in [0.2, 0.25) is 0 Å². The third-order valence-electron chi connectivity index (χ3n) is 4.36. The number of rotatable bonds is 4. The molecule has 2 saturated heterocycles. The first kappa shape index (κ1) is 15.0. The van der Waals surface area contributed by atoms with Crippen LogP contribution in [0.15, 0.2) is 12.2 Å². The number of carbonyl (C=O) groups excluding carboxylic acids is 2. The molecule has 5 heteroatoms. The van der Waals surface area contributed by atoms with Crippen molar-refractivity contribution in [3.8, 4) is 0 Å². The van der Waals surface area contributed by atoms with E-state index < -0.39 is 0 Å². The van der Waals surface area contributed by atoms with E-state index in [0.29, 0.717) is 6.04 Å². The number of nitrogens with zero attached hydrogens (tertiary/aromatic N) is 2. The highest BCUT2D eigenvalue weighted by molar-refractivity contribution is 5.87. The summed E-state index contributed by atoms with van der Waals surface area (Å²) < 4.78 is 0.